The molecule has 0 saturated carbocycles. The van der Waals surface area contributed by atoms with Crippen LogP contribution in [0.5, 0.6) is 0 Å². The van der Waals surface area contributed by atoms with Crippen molar-refractivity contribution in [1.29, 1.82) is 5.26 Å². The zero-order valence-corrected chi connectivity index (χ0v) is 8.33. The van der Waals surface area contributed by atoms with Gasteiger partial charge >= 0.3 is 0 Å². The Morgan fingerprint density at radius 3 is 3.00 bits per heavy atom. The highest BCUT2D eigenvalue weighted by Crippen LogP contribution is 2.13. The van der Waals surface area contributed by atoms with Crippen molar-refractivity contribution in [3.8, 4) is 6.07 Å². The van der Waals surface area contributed by atoms with Crippen molar-refractivity contribution in [2.75, 3.05) is 13.1 Å². The average Bonchev–Trinajstić information content (AvgIpc) is 2.26. The van der Waals surface area contributed by atoms with Gasteiger partial charge in [0.25, 0.3) is 0 Å². The van der Waals surface area contributed by atoms with Gasteiger partial charge in [0, 0.05) is 19.1 Å². The molecule has 0 aliphatic rings. The van der Waals surface area contributed by atoms with E-state index in [9.17, 15) is 0 Å². The van der Waals surface area contributed by atoms with E-state index >= 15 is 0 Å². The van der Waals surface area contributed by atoms with Crippen LogP contribution in [0.15, 0.2) is 24.3 Å². The quantitative estimate of drug-likeness (QED) is 0.747. The molecular weight excluding hydrogens is 174 g/mol. The molecule has 1 aromatic rings. The summed E-state index contributed by atoms with van der Waals surface area (Å²) in [5.41, 5.74) is 7.22. The summed E-state index contributed by atoms with van der Waals surface area (Å²) in [5.74, 6) is 0. The molecule has 0 aliphatic carbocycles. The molecule has 0 aliphatic heterocycles. The topological polar surface area (TPSA) is 61.8 Å². The molecule has 0 radical (unpaired) electrons. The summed E-state index contributed by atoms with van der Waals surface area (Å²) in [7, 11) is 0. The Labute approximate surface area is 84.5 Å². The first-order valence-electron chi connectivity index (χ1n) is 4.71. The largest absolute Gasteiger partial charge is 0.329 e. The number of hydrogen-bond acceptors (Lipinski definition) is 3. The molecule has 3 N–H and O–H groups in total. The van der Waals surface area contributed by atoms with Crippen molar-refractivity contribution < 1.29 is 0 Å². The van der Waals surface area contributed by atoms with Crippen LogP contribution in [0.25, 0.3) is 0 Å². The van der Waals surface area contributed by atoms with Crippen molar-refractivity contribution in [3.05, 3.63) is 35.4 Å². The third-order valence-corrected chi connectivity index (χ3v) is 2.11. The Kier molecular flexibility index (Phi) is 4.11. The molecule has 3 nitrogen and oxygen atoms in total. The van der Waals surface area contributed by atoms with E-state index in [-0.39, 0.29) is 6.04 Å². The van der Waals surface area contributed by atoms with Crippen molar-refractivity contribution in [2.24, 2.45) is 5.73 Å². The smallest absolute Gasteiger partial charge is 0.0991 e. The lowest BCUT2D eigenvalue weighted by molar-refractivity contribution is 0.582. The number of benzene rings is 1. The van der Waals surface area contributed by atoms with Gasteiger partial charge in [-0.05, 0) is 24.6 Å². The van der Waals surface area contributed by atoms with Crippen LogP contribution in [0.3, 0.4) is 0 Å². The zero-order valence-electron chi connectivity index (χ0n) is 8.33. The van der Waals surface area contributed by atoms with E-state index in [4.69, 9.17) is 11.0 Å². The fraction of sp³-hybridized carbons (Fsp3) is 0.364. The Hall–Kier alpha value is -1.37. The van der Waals surface area contributed by atoms with Crippen molar-refractivity contribution >= 4 is 0 Å². The first-order chi connectivity index (χ1) is 6.77. The number of nitrogens with one attached hydrogen (secondary N) is 1. The molecule has 1 aromatic carbocycles. The minimum absolute atomic E-state index is 0.242. The molecule has 3 heteroatoms. The van der Waals surface area contributed by atoms with Crippen LogP contribution >= 0.6 is 0 Å². The van der Waals surface area contributed by atoms with E-state index in [0.717, 1.165) is 12.1 Å². The number of hydrogen-bond donors (Lipinski definition) is 2. The van der Waals surface area contributed by atoms with Crippen LogP contribution in [0.2, 0.25) is 0 Å². The Morgan fingerprint density at radius 1 is 1.57 bits per heavy atom. The monoisotopic (exact) mass is 189 g/mol. The SMILES string of the molecule is CC(NCCN)c1cccc(C#N)c1. The maximum Gasteiger partial charge on any atom is 0.0991 e. The van der Waals surface area contributed by atoms with Crippen LogP contribution in [0.1, 0.15) is 24.1 Å². The second-order valence-electron chi connectivity index (χ2n) is 3.20. The zero-order chi connectivity index (χ0) is 10.4. The van der Waals surface area contributed by atoms with Gasteiger partial charge in [0.1, 0.15) is 0 Å². The highest BCUT2D eigenvalue weighted by atomic mass is 14.9. The van der Waals surface area contributed by atoms with E-state index < -0.39 is 0 Å². The molecule has 1 rings (SSSR count). The van der Waals surface area contributed by atoms with Gasteiger partial charge in [-0.15, -0.1) is 0 Å². The molecule has 0 saturated heterocycles. The van der Waals surface area contributed by atoms with E-state index in [1.54, 1.807) is 6.07 Å². The normalized spacial score (nSPS) is 12.1. The molecule has 0 amide bonds. The van der Waals surface area contributed by atoms with Gasteiger partial charge in [-0.2, -0.15) is 5.26 Å². The third kappa shape index (κ3) is 2.84. The molecule has 0 aromatic heterocycles. The number of nitrogens with two attached hydrogens (primary N) is 1. The Morgan fingerprint density at radius 2 is 2.36 bits per heavy atom. The van der Waals surface area contributed by atoms with Crippen LogP contribution in [-0.2, 0) is 0 Å². The van der Waals surface area contributed by atoms with Gasteiger partial charge in [-0.3, -0.25) is 0 Å². The van der Waals surface area contributed by atoms with Crippen molar-refractivity contribution in [1.82, 2.24) is 5.32 Å². The lowest BCUT2D eigenvalue weighted by Gasteiger charge is -2.13. The Balaban J connectivity index is 2.70. The van der Waals surface area contributed by atoms with Crippen LogP contribution in [-0.4, -0.2) is 13.1 Å². The minimum Gasteiger partial charge on any atom is -0.329 e. The molecule has 74 valence electrons. The van der Waals surface area contributed by atoms with Gasteiger partial charge in [0.15, 0.2) is 0 Å². The number of nitrogens with zero attached hydrogens (tertiary/aromatic N) is 1. The molecule has 0 heterocycles. The maximum absolute atomic E-state index is 8.73. The predicted molar refractivity (Wildman–Crippen MR) is 56.6 cm³/mol. The van der Waals surface area contributed by atoms with E-state index in [1.807, 2.05) is 18.2 Å². The lowest BCUT2D eigenvalue weighted by atomic mass is 10.1. The molecule has 1 unspecified atom stereocenters. The molecule has 1 atom stereocenters. The van der Waals surface area contributed by atoms with Gasteiger partial charge in [0.2, 0.25) is 0 Å². The second-order valence-corrected chi connectivity index (χ2v) is 3.20. The van der Waals surface area contributed by atoms with E-state index in [0.29, 0.717) is 12.1 Å². The summed E-state index contributed by atoms with van der Waals surface area (Å²) in [6.07, 6.45) is 0. The highest BCUT2D eigenvalue weighted by Gasteiger charge is 2.03. The average molecular weight is 189 g/mol. The van der Waals surface area contributed by atoms with Gasteiger partial charge in [0.05, 0.1) is 11.6 Å². The first kappa shape index (κ1) is 10.7. The standard InChI is InChI=1S/C11H15N3/c1-9(14-6-5-12)11-4-2-3-10(7-11)8-13/h2-4,7,9,14H,5-6,12H2,1H3. The fourth-order valence-electron chi connectivity index (χ4n) is 1.30. The summed E-state index contributed by atoms with van der Waals surface area (Å²) >= 11 is 0. The summed E-state index contributed by atoms with van der Waals surface area (Å²) < 4.78 is 0. The van der Waals surface area contributed by atoms with Crippen LogP contribution < -0.4 is 11.1 Å². The minimum atomic E-state index is 0.242. The molecule has 0 bridgehead atoms. The summed E-state index contributed by atoms with van der Waals surface area (Å²) in [6.45, 7) is 3.48. The third-order valence-electron chi connectivity index (χ3n) is 2.11. The first-order valence-corrected chi connectivity index (χ1v) is 4.71. The van der Waals surface area contributed by atoms with E-state index in [1.165, 1.54) is 0 Å². The lowest BCUT2D eigenvalue weighted by Crippen LogP contribution is -2.25. The van der Waals surface area contributed by atoms with Gasteiger partial charge in [-0.25, -0.2) is 0 Å². The van der Waals surface area contributed by atoms with Crippen molar-refractivity contribution in [3.63, 3.8) is 0 Å². The molecule has 0 spiro atoms. The highest BCUT2D eigenvalue weighted by molar-refractivity contribution is 5.33. The van der Waals surface area contributed by atoms with Crippen LogP contribution in [0, 0.1) is 11.3 Å². The number of nitriles is 1. The molecule has 0 fully saturated rings. The summed E-state index contributed by atoms with van der Waals surface area (Å²) in [5, 5.41) is 12.0. The molecule has 14 heavy (non-hydrogen) atoms. The summed E-state index contributed by atoms with van der Waals surface area (Å²) in [4.78, 5) is 0. The maximum atomic E-state index is 8.73. The van der Waals surface area contributed by atoms with Gasteiger partial charge < -0.3 is 11.1 Å². The predicted octanol–water partition coefficient (Wildman–Crippen LogP) is 1.17. The second kappa shape index (κ2) is 5.38. The summed E-state index contributed by atoms with van der Waals surface area (Å²) in [6, 6.07) is 9.98. The van der Waals surface area contributed by atoms with E-state index in [2.05, 4.69) is 18.3 Å². The molecular formula is C11H15N3. The van der Waals surface area contributed by atoms with Gasteiger partial charge in [-0.1, -0.05) is 12.1 Å². The van der Waals surface area contributed by atoms with Crippen molar-refractivity contribution in [2.45, 2.75) is 13.0 Å². The van der Waals surface area contributed by atoms with Crippen LogP contribution in [0.4, 0.5) is 0 Å². The Bertz CT molecular complexity index is 328. The fourth-order valence-corrected chi connectivity index (χ4v) is 1.30. The number of rotatable bonds is 4.